The molecule has 2 amide bonds. The lowest BCUT2D eigenvalue weighted by Gasteiger charge is -2.36. The molecule has 136 valence electrons. The molecular formula is C19H27N3O3. The molecule has 0 aromatic heterocycles. The maximum Gasteiger partial charge on any atom is 0.253 e. The first-order valence-electron chi connectivity index (χ1n) is 8.30. The number of carbonyl (C=O) groups is 2. The molecule has 0 fully saturated rings. The van der Waals surface area contributed by atoms with Crippen molar-refractivity contribution in [2.24, 2.45) is 0 Å². The van der Waals surface area contributed by atoms with Crippen molar-refractivity contribution in [2.75, 3.05) is 46.2 Å². The van der Waals surface area contributed by atoms with Crippen LogP contribution in [0, 0.1) is 0 Å². The maximum absolute atomic E-state index is 12.4. The van der Waals surface area contributed by atoms with Crippen molar-refractivity contribution in [2.45, 2.75) is 19.4 Å². The first-order chi connectivity index (χ1) is 11.7. The molecule has 2 rings (SSSR count). The average molecular weight is 345 g/mol. The molecule has 1 aromatic rings. The number of carbonyl (C=O) groups excluding carboxylic acids is 2. The van der Waals surface area contributed by atoms with Gasteiger partial charge in [-0.05, 0) is 25.1 Å². The fraction of sp³-hybridized carbons (Fsp3) is 0.474. The fourth-order valence-electron chi connectivity index (χ4n) is 2.85. The molecule has 0 unspecified atom stereocenters. The fourth-order valence-corrected chi connectivity index (χ4v) is 2.85. The molecule has 0 saturated heterocycles. The summed E-state index contributed by atoms with van der Waals surface area (Å²) in [5, 5.41) is 0. The molecule has 6 heteroatoms. The molecule has 1 aromatic carbocycles. The third-order valence-corrected chi connectivity index (χ3v) is 4.31. The molecule has 0 saturated carbocycles. The van der Waals surface area contributed by atoms with E-state index in [-0.39, 0.29) is 17.9 Å². The smallest absolute Gasteiger partial charge is 0.253 e. The normalized spacial score (nSPS) is 15.9. The van der Waals surface area contributed by atoms with Gasteiger partial charge in [-0.2, -0.15) is 0 Å². The van der Waals surface area contributed by atoms with Gasteiger partial charge in [-0.1, -0.05) is 12.2 Å². The van der Waals surface area contributed by atoms with E-state index in [1.807, 2.05) is 31.0 Å². The van der Waals surface area contributed by atoms with E-state index in [9.17, 15) is 9.59 Å². The number of hydrogen-bond donors (Lipinski definition) is 0. The first-order valence-corrected chi connectivity index (χ1v) is 8.30. The van der Waals surface area contributed by atoms with Crippen LogP contribution in [-0.4, -0.2) is 69.0 Å². The van der Waals surface area contributed by atoms with Crippen LogP contribution in [0.3, 0.4) is 0 Å². The first kappa shape index (κ1) is 18.8. The van der Waals surface area contributed by atoms with Crippen molar-refractivity contribution >= 4 is 17.5 Å². The van der Waals surface area contributed by atoms with E-state index < -0.39 is 0 Å². The Morgan fingerprint density at radius 3 is 2.60 bits per heavy atom. The number of ether oxygens (including phenoxy) is 1. The second-order valence-electron chi connectivity index (χ2n) is 6.87. The van der Waals surface area contributed by atoms with Gasteiger partial charge in [-0.15, -0.1) is 0 Å². The van der Waals surface area contributed by atoms with Gasteiger partial charge in [-0.3, -0.25) is 9.59 Å². The van der Waals surface area contributed by atoms with Gasteiger partial charge in [0.2, 0.25) is 5.91 Å². The van der Waals surface area contributed by atoms with Crippen molar-refractivity contribution in [1.82, 2.24) is 9.80 Å². The van der Waals surface area contributed by atoms with Crippen LogP contribution in [0.4, 0.5) is 5.69 Å². The van der Waals surface area contributed by atoms with Crippen molar-refractivity contribution < 1.29 is 14.3 Å². The monoisotopic (exact) mass is 345 g/mol. The van der Waals surface area contributed by atoms with Gasteiger partial charge in [0.25, 0.3) is 5.91 Å². The topological polar surface area (TPSA) is 53.1 Å². The Hall–Kier alpha value is -2.50. The van der Waals surface area contributed by atoms with Crippen LogP contribution < -0.4 is 9.64 Å². The van der Waals surface area contributed by atoms with E-state index >= 15 is 0 Å². The Morgan fingerprint density at radius 2 is 2.00 bits per heavy atom. The highest BCUT2D eigenvalue weighted by Crippen LogP contribution is 2.34. The zero-order chi connectivity index (χ0) is 18.7. The summed E-state index contributed by atoms with van der Waals surface area (Å²) >= 11 is 0. The van der Waals surface area contributed by atoms with Gasteiger partial charge >= 0.3 is 0 Å². The molecule has 0 spiro atoms. The molecule has 0 radical (unpaired) electrons. The molecule has 1 heterocycles. The molecule has 1 atom stereocenters. The highest BCUT2D eigenvalue weighted by Gasteiger charge is 2.28. The van der Waals surface area contributed by atoms with Crippen LogP contribution in [0.2, 0.25) is 0 Å². The van der Waals surface area contributed by atoms with E-state index in [2.05, 4.69) is 6.58 Å². The van der Waals surface area contributed by atoms with Gasteiger partial charge in [-0.25, -0.2) is 0 Å². The molecular weight excluding hydrogens is 318 g/mol. The van der Waals surface area contributed by atoms with E-state index in [0.717, 1.165) is 17.0 Å². The van der Waals surface area contributed by atoms with Crippen molar-refractivity contribution in [3.05, 3.63) is 35.9 Å². The van der Waals surface area contributed by atoms with Crippen molar-refractivity contribution in [3.8, 4) is 5.75 Å². The Bertz CT molecular complexity index is 684. The summed E-state index contributed by atoms with van der Waals surface area (Å²) in [5.41, 5.74) is 2.38. The maximum atomic E-state index is 12.4. The summed E-state index contributed by atoms with van der Waals surface area (Å²) in [4.78, 5) is 29.8. The van der Waals surface area contributed by atoms with Crippen LogP contribution in [0.5, 0.6) is 5.75 Å². The summed E-state index contributed by atoms with van der Waals surface area (Å²) in [6.07, 6.45) is 0.353. The number of hydrogen-bond acceptors (Lipinski definition) is 4. The molecule has 6 nitrogen and oxygen atoms in total. The lowest BCUT2D eigenvalue weighted by molar-refractivity contribution is -0.130. The average Bonchev–Trinajstić information content (AvgIpc) is 2.55. The number of amides is 2. The zero-order valence-electron chi connectivity index (χ0n) is 15.7. The molecule has 0 N–H and O–H groups in total. The molecule has 0 aliphatic carbocycles. The predicted molar refractivity (Wildman–Crippen MR) is 99.2 cm³/mol. The van der Waals surface area contributed by atoms with E-state index in [0.29, 0.717) is 25.1 Å². The van der Waals surface area contributed by atoms with E-state index in [1.54, 1.807) is 37.0 Å². The number of rotatable bonds is 5. The number of nitrogens with zero attached hydrogens (tertiary/aromatic N) is 3. The van der Waals surface area contributed by atoms with Gasteiger partial charge in [0.05, 0.1) is 18.2 Å². The summed E-state index contributed by atoms with van der Waals surface area (Å²) in [5.74, 6) is 0.722. The third-order valence-electron chi connectivity index (χ3n) is 4.31. The summed E-state index contributed by atoms with van der Waals surface area (Å²) < 4.78 is 5.81. The highest BCUT2D eigenvalue weighted by atomic mass is 16.5. The Balaban J connectivity index is 2.15. The van der Waals surface area contributed by atoms with Crippen LogP contribution in [-0.2, 0) is 4.79 Å². The van der Waals surface area contributed by atoms with Crippen molar-refractivity contribution in [1.29, 1.82) is 0 Å². The van der Waals surface area contributed by atoms with E-state index in [1.165, 1.54) is 0 Å². The number of benzene rings is 1. The summed E-state index contributed by atoms with van der Waals surface area (Å²) in [7, 11) is 7.16. The van der Waals surface area contributed by atoms with E-state index in [4.69, 9.17) is 4.74 Å². The van der Waals surface area contributed by atoms with Gasteiger partial charge in [0, 0.05) is 40.3 Å². The summed E-state index contributed by atoms with van der Waals surface area (Å²) in [6, 6.07) is 5.33. The molecule has 1 aliphatic rings. The lowest BCUT2D eigenvalue weighted by atomic mass is 10.1. The minimum absolute atomic E-state index is 0.0485. The second kappa shape index (κ2) is 7.59. The quantitative estimate of drug-likeness (QED) is 0.766. The van der Waals surface area contributed by atoms with Gasteiger partial charge in [0.15, 0.2) is 0 Å². The van der Waals surface area contributed by atoms with Crippen LogP contribution >= 0.6 is 0 Å². The van der Waals surface area contributed by atoms with Crippen molar-refractivity contribution in [3.63, 3.8) is 0 Å². The number of fused-ring (bicyclic) bond motifs is 1. The Labute approximate surface area is 149 Å². The van der Waals surface area contributed by atoms with Gasteiger partial charge in [0.1, 0.15) is 12.4 Å². The highest BCUT2D eigenvalue weighted by molar-refractivity contribution is 5.95. The zero-order valence-corrected chi connectivity index (χ0v) is 15.7. The largest absolute Gasteiger partial charge is 0.489 e. The number of anilines is 1. The summed E-state index contributed by atoms with van der Waals surface area (Å²) in [6.45, 7) is 6.74. The van der Waals surface area contributed by atoms with Crippen LogP contribution in [0.1, 0.15) is 23.7 Å². The van der Waals surface area contributed by atoms with Gasteiger partial charge < -0.3 is 19.4 Å². The minimum Gasteiger partial charge on any atom is -0.489 e. The molecule has 1 aliphatic heterocycles. The molecule has 25 heavy (non-hydrogen) atoms. The molecule has 0 bridgehead atoms. The lowest BCUT2D eigenvalue weighted by Crippen LogP contribution is -2.44. The van der Waals surface area contributed by atoms with Crippen LogP contribution in [0.15, 0.2) is 30.4 Å². The second-order valence-corrected chi connectivity index (χ2v) is 6.87. The Kier molecular flexibility index (Phi) is 5.72. The van der Waals surface area contributed by atoms with Crippen LogP contribution in [0.25, 0.3) is 0 Å². The predicted octanol–water partition coefficient (Wildman–Crippen LogP) is 2.01. The third kappa shape index (κ3) is 4.32. The standard InChI is InChI=1S/C19H27N3O3/c1-13(2)11-21(5)18(23)10-15-12-25-17-8-7-14(19(24)20(3)4)9-16(17)22(15)6/h7-9,15H,1,10-12H2,2-6H3/t15-/m1/s1. The number of likely N-dealkylation sites (N-methyl/N-ethyl adjacent to an activating group) is 2. The minimum atomic E-state index is -0.0720. The SMILES string of the molecule is C=C(C)CN(C)C(=O)C[C@@H]1COc2ccc(C(=O)N(C)C)cc2N1C. The Morgan fingerprint density at radius 1 is 1.32 bits per heavy atom.